The van der Waals surface area contributed by atoms with Gasteiger partial charge in [0.25, 0.3) is 0 Å². The van der Waals surface area contributed by atoms with Crippen LogP contribution in [0.15, 0.2) is 24.5 Å². The van der Waals surface area contributed by atoms with E-state index in [1.807, 2.05) is 37.8 Å². The molecule has 2 saturated heterocycles. The van der Waals surface area contributed by atoms with E-state index in [1.54, 1.807) is 17.3 Å². The maximum atomic E-state index is 13.0. The maximum Gasteiger partial charge on any atom is 0.410 e. The molecule has 0 saturated carbocycles. The Morgan fingerprint density at radius 3 is 2.37 bits per heavy atom. The van der Waals surface area contributed by atoms with E-state index in [-0.39, 0.29) is 12.0 Å². The van der Waals surface area contributed by atoms with Crippen molar-refractivity contribution in [3.8, 4) is 5.75 Å². The minimum atomic E-state index is -0.560. The molecule has 1 aromatic heterocycles. The number of carbonyl (C=O) groups is 2. The van der Waals surface area contributed by atoms with Gasteiger partial charge in [0.2, 0.25) is 5.91 Å². The molecule has 7 nitrogen and oxygen atoms in total. The molecule has 0 unspecified atom stereocenters. The average Bonchev–Trinajstić information content (AvgIpc) is 3.11. The van der Waals surface area contributed by atoms with E-state index in [2.05, 4.69) is 4.98 Å². The van der Waals surface area contributed by atoms with Gasteiger partial charge in [-0.05, 0) is 45.7 Å². The molecule has 2 amide bonds. The Kier molecular flexibility index (Phi) is 5.87. The highest BCUT2D eigenvalue weighted by atomic mass is 16.6. The highest BCUT2D eigenvalue weighted by molar-refractivity contribution is 5.86. The summed E-state index contributed by atoms with van der Waals surface area (Å²) in [6, 6.07) is 3.28. The molecule has 7 heteroatoms. The molecule has 3 rings (SSSR count). The highest BCUT2D eigenvalue weighted by Gasteiger charge is 2.39. The van der Waals surface area contributed by atoms with Crippen LogP contribution in [0.2, 0.25) is 0 Å². The molecule has 1 atom stereocenters. The normalized spacial score (nSPS) is 21.2. The number of amides is 2. The van der Waals surface area contributed by atoms with Crippen LogP contribution in [0.3, 0.4) is 0 Å². The van der Waals surface area contributed by atoms with Gasteiger partial charge < -0.3 is 14.4 Å². The Morgan fingerprint density at radius 1 is 1.07 bits per heavy atom. The largest absolute Gasteiger partial charge is 0.490 e. The molecule has 0 aromatic carbocycles. The first-order chi connectivity index (χ1) is 12.8. The molecule has 2 aliphatic heterocycles. The van der Waals surface area contributed by atoms with Crippen molar-refractivity contribution in [3.63, 3.8) is 0 Å². The SMILES string of the molecule is CC(C)(C)OC(=O)N1CCC[C@@H]1C(=O)N1CCC(Oc2ccncc2)CC1. The van der Waals surface area contributed by atoms with Gasteiger partial charge in [-0.1, -0.05) is 0 Å². The van der Waals surface area contributed by atoms with Crippen LogP contribution in [-0.4, -0.2) is 64.2 Å². The number of ether oxygens (including phenoxy) is 2. The van der Waals surface area contributed by atoms with E-state index >= 15 is 0 Å². The fourth-order valence-corrected chi connectivity index (χ4v) is 3.58. The summed E-state index contributed by atoms with van der Waals surface area (Å²) in [5.74, 6) is 0.836. The van der Waals surface area contributed by atoms with Crippen molar-refractivity contribution >= 4 is 12.0 Å². The minimum Gasteiger partial charge on any atom is -0.490 e. The molecule has 3 heterocycles. The molecule has 27 heavy (non-hydrogen) atoms. The second-order valence-corrected chi connectivity index (χ2v) is 8.16. The third-order valence-electron chi connectivity index (χ3n) is 4.87. The first kappa shape index (κ1) is 19.5. The summed E-state index contributed by atoms with van der Waals surface area (Å²) in [6.45, 7) is 7.38. The van der Waals surface area contributed by atoms with E-state index in [1.165, 1.54) is 0 Å². The van der Waals surface area contributed by atoms with Crippen molar-refractivity contribution in [2.45, 2.75) is 64.2 Å². The number of carbonyl (C=O) groups excluding carboxylic acids is 2. The molecule has 2 aliphatic rings. The third-order valence-corrected chi connectivity index (χ3v) is 4.87. The van der Waals surface area contributed by atoms with Gasteiger partial charge in [0.1, 0.15) is 23.5 Å². The van der Waals surface area contributed by atoms with E-state index in [9.17, 15) is 9.59 Å². The Bertz CT molecular complexity index is 651. The van der Waals surface area contributed by atoms with E-state index in [0.29, 0.717) is 26.1 Å². The van der Waals surface area contributed by atoms with Crippen LogP contribution in [-0.2, 0) is 9.53 Å². The monoisotopic (exact) mass is 375 g/mol. The smallest absolute Gasteiger partial charge is 0.410 e. The minimum absolute atomic E-state index is 0.0284. The number of pyridine rings is 1. The maximum absolute atomic E-state index is 13.0. The molecule has 0 N–H and O–H groups in total. The number of aromatic nitrogens is 1. The molecule has 148 valence electrons. The van der Waals surface area contributed by atoms with Gasteiger partial charge in [-0.2, -0.15) is 0 Å². The predicted molar refractivity (Wildman–Crippen MR) is 100 cm³/mol. The molecule has 2 fully saturated rings. The van der Waals surface area contributed by atoms with Gasteiger partial charge in [-0.3, -0.25) is 14.7 Å². The number of hydrogen-bond acceptors (Lipinski definition) is 5. The van der Waals surface area contributed by atoms with Crippen molar-refractivity contribution in [3.05, 3.63) is 24.5 Å². The van der Waals surface area contributed by atoms with E-state index in [4.69, 9.17) is 9.47 Å². The van der Waals surface area contributed by atoms with Crippen molar-refractivity contribution in [2.24, 2.45) is 0 Å². The summed E-state index contributed by atoms with van der Waals surface area (Å²) < 4.78 is 11.4. The topological polar surface area (TPSA) is 72.0 Å². The Hall–Kier alpha value is -2.31. The Morgan fingerprint density at radius 2 is 1.74 bits per heavy atom. The zero-order chi connectivity index (χ0) is 19.4. The van der Waals surface area contributed by atoms with Gasteiger partial charge in [-0.15, -0.1) is 0 Å². The number of nitrogens with zero attached hydrogens (tertiary/aromatic N) is 3. The lowest BCUT2D eigenvalue weighted by atomic mass is 10.1. The average molecular weight is 375 g/mol. The van der Waals surface area contributed by atoms with E-state index in [0.717, 1.165) is 25.0 Å². The molecule has 1 aromatic rings. The van der Waals surface area contributed by atoms with Crippen LogP contribution in [0, 0.1) is 0 Å². The van der Waals surface area contributed by atoms with Crippen LogP contribution in [0.1, 0.15) is 46.5 Å². The zero-order valence-electron chi connectivity index (χ0n) is 16.4. The molecule has 0 spiro atoms. The fraction of sp³-hybridized carbons (Fsp3) is 0.650. The quantitative estimate of drug-likeness (QED) is 0.812. The first-order valence-electron chi connectivity index (χ1n) is 9.68. The van der Waals surface area contributed by atoms with Gasteiger partial charge in [0, 0.05) is 44.9 Å². The summed E-state index contributed by atoms with van der Waals surface area (Å²) in [6.07, 6.45) is 6.22. The third kappa shape index (κ3) is 5.11. The fourth-order valence-electron chi connectivity index (χ4n) is 3.58. The van der Waals surface area contributed by atoms with Crippen molar-refractivity contribution in [1.29, 1.82) is 0 Å². The number of rotatable bonds is 3. The molecule has 0 bridgehead atoms. The summed E-state index contributed by atoms with van der Waals surface area (Å²) in [5, 5.41) is 0. The zero-order valence-corrected chi connectivity index (χ0v) is 16.4. The van der Waals surface area contributed by atoms with Gasteiger partial charge in [0.15, 0.2) is 0 Å². The lowest BCUT2D eigenvalue weighted by Gasteiger charge is -2.35. The predicted octanol–water partition coefficient (Wildman–Crippen LogP) is 2.85. The van der Waals surface area contributed by atoms with Gasteiger partial charge in [0.05, 0.1) is 0 Å². The lowest BCUT2D eigenvalue weighted by molar-refractivity contribution is -0.137. The molecular formula is C20H29N3O4. The lowest BCUT2D eigenvalue weighted by Crippen LogP contribution is -2.51. The number of hydrogen-bond donors (Lipinski definition) is 0. The molecule has 0 aliphatic carbocycles. The van der Waals surface area contributed by atoms with Crippen LogP contribution in [0.4, 0.5) is 4.79 Å². The van der Waals surface area contributed by atoms with Crippen LogP contribution in [0.5, 0.6) is 5.75 Å². The van der Waals surface area contributed by atoms with Crippen molar-refractivity contribution in [2.75, 3.05) is 19.6 Å². The molecule has 0 radical (unpaired) electrons. The summed E-state index contributed by atoms with van der Waals surface area (Å²) >= 11 is 0. The second-order valence-electron chi connectivity index (χ2n) is 8.16. The highest BCUT2D eigenvalue weighted by Crippen LogP contribution is 2.25. The van der Waals surface area contributed by atoms with Crippen LogP contribution < -0.4 is 4.74 Å². The Labute approximate surface area is 160 Å². The van der Waals surface area contributed by atoms with Crippen molar-refractivity contribution < 1.29 is 19.1 Å². The summed E-state index contributed by atoms with van der Waals surface area (Å²) in [7, 11) is 0. The summed E-state index contributed by atoms with van der Waals surface area (Å²) in [5.41, 5.74) is -0.560. The van der Waals surface area contributed by atoms with Crippen LogP contribution in [0.25, 0.3) is 0 Å². The van der Waals surface area contributed by atoms with Gasteiger partial charge >= 0.3 is 6.09 Å². The van der Waals surface area contributed by atoms with Crippen LogP contribution >= 0.6 is 0 Å². The van der Waals surface area contributed by atoms with E-state index < -0.39 is 17.7 Å². The summed E-state index contributed by atoms with van der Waals surface area (Å²) in [4.78, 5) is 32.8. The second kappa shape index (κ2) is 8.15. The standard InChI is InChI=1S/C20H29N3O4/c1-20(2,3)27-19(25)23-12-4-5-17(23)18(24)22-13-8-16(9-14-22)26-15-6-10-21-11-7-15/h6-7,10-11,16-17H,4-5,8-9,12-14H2,1-3H3/t17-/m1/s1. The van der Waals surface area contributed by atoms with Gasteiger partial charge in [-0.25, -0.2) is 4.79 Å². The molecular weight excluding hydrogens is 346 g/mol. The Balaban J connectivity index is 1.53. The van der Waals surface area contributed by atoms with Crippen molar-refractivity contribution in [1.82, 2.24) is 14.8 Å². The number of piperidine rings is 1. The first-order valence-corrected chi connectivity index (χ1v) is 9.68. The number of likely N-dealkylation sites (tertiary alicyclic amines) is 2.